The monoisotopic (exact) mass is 205 g/mol. The van der Waals surface area contributed by atoms with Crippen LogP contribution in [0.1, 0.15) is 0 Å². The molecule has 0 bridgehead atoms. The molecule has 1 rings (SSSR count). The maximum Gasteiger partial charge on any atom is 0.232 e. The largest absolute Gasteiger partial charge is 0.279 e. The summed E-state index contributed by atoms with van der Waals surface area (Å²) < 4.78 is 10.7. The predicted octanol–water partition coefficient (Wildman–Crippen LogP) is 1.42. The van der Waals surface area contributed by atoms with Crippen LogP contribution < -0.4 is 5.43 Å². The number of halogens is 4. The molecule has 0 aliphatic carbocycles. The Labute approximate surface area is 71.6 Å². The zero-order valence-electron chi connectivity index (χ0n) is 4.56. The van der Waals surface area contributed by atoms with Crippen molar-refractivity contribution in [2.45, 2.75) is 9.96 Å². The number of rotatable bonds is 0. The summed E-state index contributed by atoms with van der Waals surface area (Å²) in [5, 5.41) is 3.52. The lowest BCUT2D eigenvalue weighted by Crippen LogP contribution is -2.42. The molecule has 1 unspecified atom stereocenters. The van der Waals surface area contributed by atoms with E-state index >= 15 is 0 Å². The summed E-state index contributed by atoms with van der Waals surface area (Å²) in [6.07, 6.45) is -0.135. The molecule has 3 nitrogen and oxygen atoms in total. The molecule has 0 aromatic carbocycles. The van der Waals surface area contributed by atoms with Gasteiger partial charge in [0, 0.05) is 0 Å². The Bertz CT molecular complexity index is 156. The molecule has 0 radical (unpaired) electrons. The number of hydrogen-bond acceptors (Lipinski definition) is 3. The van der Waals surface area contributed by atoms with Crippen molar-refractivity contribution in [3.05, 3.63) is 0 Å². The van der Waals surface area contributed by atoms with Crippen molar-refractivity contribution in [2.75, 3.05) is 0 Å². The summed E-state index contributed by atoms with van der Waals surface area (Å²) in [5.41, 5.74) is 2.27. The molecule has 0 spiro atoms. The number of nitrogens with one attached hydrogen (secondary N) is 1. The van der Waals surface area contributed by atoms with Gasteiger partial charge in [-0.05, 0) is 0 Å². The Morgan fingerprint density at radius 2 is 2.20 bits per heavy atom. The van der Waals surface area contributed by atoms with Crippen molar-refractivity contribution < 1.29 is 4.48 Å². The number of hydrogen-bond donors (Lipinski definition) is 1. The summed E-state index contributed by atoms with van der Waals surface area (Å²) in [6.45, 7) is 0. The van der Waals surface area contributed by atoms with Crippen molar-refractivity contribution in [2.24, 2.45) is 5.10 Å². The first-order chi connectivity index (χ1) is 4.52. The molecule has 1 aliphatic rings. The standard InChI is InChI=1S/C3H3Cl3FN3/c4-3(5,6)2-9-8-1-10(2)7/h1-2,9H. The zero-order valence-corrected chi connectivity index (χ0v) is 6.83. The minimum absolute atomic E-state index is 0.188. The highest BCUT2D eigenvalue weighted by Gasteiger charge is 2.39. The Morgan fingerprint density at radius 1 is 1.60 bits per heavy atom. The second-order valence-corrected chi connectivity index (χ2v) is 4.03. The van der Waals surface area contributed by atoms with Crippen molar-refractivity contribution in [1.82, 2.24) is 10.5 Å². The van der Waals surface area contributed by atoms with Gasteiger partial charge in [0.15, 0.2) is 6.17 Å². The van der Waals surface area contributed by atoms with Gasteiger partial charge in [-0.3, -0.25) is 5.43 Å². The summed E-state index contributed by atoms with van der Waals surface area (Å²) in [4.78, 5) is 0. The topological polar surface area (TPSA) is 27.6 Å². The molecule has 1 heterocycles. The van der Waals surface area contributed by atoms with Gasteiger partial charge in [-0.1, -0.05) is 39.3 Å². The Kier molecular flexibility index (Phi) is 2.12. The minimum atomic E-state index is -1.72. The molecule has 1 atom stereocenters. The van der Waals surface area contributed by atoms with Crippen molar-refractivity contribution in [1.29, 1.82) is 0 Å². The maximum atomic E-state index is 12.5. The SMILES string of the molecule is FN1C=NNC1C(Cl)(Cl)Cl. The van der Waals surface area contributed by atoms with Crippen LogP contribution in [0.4, 0.5) is 4.48 Å². The number of alkyl halides is 3. The Morgan fingerprint density at radius 3 is 2.40 bits per heavy atom. The summed E-state index contributed by atoms with van der Waals surface area (Å²) in [6, 6.07) is 0. The van der Waals surface area contributed by atoms with Gasteiger partial charge in [-0.15, -0.1) is 0 Å². The van der Waals surface area contributed by atoms with E-state index in [1.54, 1.807) is 0 Å². The molecule has 0 aromatic heterocycles. The fourth-order valence-corrected chi connectivity index (χ4v) is 0.920. The van der Waals surface area contributed by atoms with Crippen LogP contribution in [0.15, 0.2) is 5.10 Å². The smallest absolute Gasteiger partial charge is 0.232 e. The highest BCUT2D eigenvalue weighted by atomic mass is 35.6. The average Bonchev–Trinajstić information content (AvgIpc) is 2.11. The van der Waals surface area contributed by atoms with Crippen LogP contribution in [0.5, 0.6) is 0 Å². The maximum absolute atomic E-state index is 12.5. The molecule has 0 amide bonds. The highest BCUT2D eigenvalue weighted by Crippen LogP contribution is 2.32. The zero-order chi connectivity index (χ0) is 7.78. The van der Waals surface area contributed by atoms with E-state index in [-0.39, 0.29) is 5.12 Å². The molecular weight excluding hydrogens is 203 g/mol. The van der Waals surface area contributed by atoms with Gasteiger partial charge < -0.3 is 0 Å². The van der Waals surface area contributed by atoms with E-state index in [0.29, 0.717) is 0 Å². The van der Waals surface area contributed by atoms with E-state index < -0.39 is 9.96 Å². The van der Waals surface area contributed by atoms with Crippen molar-refractivity contribution in [3.8, 4) is 0 Å². The molecule has 0 aromatic rings. The van der Waals surface area contributed by atoms with Crippen LogP contribution >= 0.6 is 34.8 Å². The predicted molar refractivity (Wildman–Crippen MR) is 38.7 cm³/mol. The minimum Gasteiger partial charge on any atom is -0.279 e. The Balaban J connectivity index is 2.60. The third-order valence-corrected chi connectivity index (χ3v) is 1.54. The van der Waals surface area contributed by atoms with Crippen LogP contribution in [-0.2, 0) is 0 Å². The van der Waals surface area contributed by atoms with Crippen LogP contribution in [0, 0.1) is 0 Å². The molecular formula is C3H3Cl3FN3. The van der Waals surface area contributed by atoms with Gasteiger partial charge in [0.05, 0.1) is 0 Å². The van der Waals surface area contributed by atoms with E-state index in [9.17, 15) is 4.48 Å². The molecule has 0 fully saturated rings. The number of hydrazone groups is 1. The van der Waals surface area contributed by atoms with Gasteiger partial charge in [-0.25, -0.2) is 0 Å². The molecule has 58 valence electrons. The van der Waals surface area contributed by atoms with E-state index in [4.69, 9.17) is 34.8 Å². The van der Waals surface area contributed by atoms with Gasteiger partial charge >= 0.3 is 0 Å². The fraction of sp³-hybridized carbons (Fsp3) is 0.667. The lowest BCUT2D eigenvalue weighted by molar-refractivity contribution is 0.0749. The summed E-state index contributed by atoms with van der Waals surface area (Å²) >= 11 is 16.0. The first-order valence-corrected chi connectivity index (χ1v) is 3.45. The molecule has 10 heavy (non-hydrogen) atoms. The quantitative estimate of drug-likeness (QED) is 0.479. The molecule has 0 saturated carbocycles. The fourth-order valence-electron chi connectivity index (χ4n) is 0.494. The lowest BCUT2D eigenvalue weighted by atomic mass is 10.6. The molecule has 1 N–H and O–H groups in total. The van der Waals surface area contributed by atoms with Gasteiger partial charge in [-0.2, -0.15) is 10.2 Å². The molecule has 0 saturated heterocycles. The molecule has 7 heteroatoms. The second-order valence-electron chi connectivity index (χ2n) is 1.66. The second kappa shape index (κ2) is 2.60. The summed E-state index contributed by atoms with van der Waals surface area (Å²) in [7, 11) is 0. The van der Waals surface area contributed by atoms with Crippen LogP contribution in [0.3, 0.4) is 0 Å². The van der Waals surface area contributed by atoms with Gasteiger partial charge in [0.25, 0.3) is 0 Å². The third-order valence-electron chi connectivity index (χ3n) is 0.922. The summed E-state index contributed by atoms with van der Waals surface area (Å²) in [5.74, 6) is 0. The van der Waals surface area contributed by atoms with Gasteiger partial charge in [0.2, 0.25) is 3.79 Å². The first kappa shape index (κ1) is 8.17. The van der Waals surface area contributed by atoms with Crippen LogP contribution in [0.2, 0.25) is 0 Å². The van der Waals surface area contributed by atoms with Crippen molar-refractivity contribution in [3.63, 3.8) is 0 Å². The van der Waals surface area contributed by atoms with Crippen molar-refractivity contribution >= 4 is 41.1 Å². The van der Waals surface area contributed by atoms with Crippen LogP contribution in [-0.4, -0.2) is 21.4 Å². The van der Waals surface area contributed by atoms with Crippen LogP contribution in [0.25, 0.3) is 0 Å². The highest BCUT2D eigenvalue weighted by molar-refractivity contribution is 6.68. The lowest BCUT2D eigenvalue weighted by Gasteiger charge is -2.21. The average molecular weight is 206 g/mol. The third kappa shape index (κ3) is 1.56. The van der Waals surface area contributed by atoms with E-state index in [0.717, 1.165) is 6.34 Å². The Hall–Kier alpha value is 0.0700. The van der Waals surface area contributed by atoms with E-state index in [1.807, 2.05) is 0 Å². The van der Waals surface area contributed by atoms with Gasteiger partial charge in [0.1, 0.15) is 6.34 Å². The van der Waals surface area contributed by atoms with E-state index in [2.05, 4.69) is 10.5 Å². The first-order valence-electron chi connectivity index (χ1n) is 2.31. The van der Waals surface area contributed by atoms with E-state index in [1.165, 1.54) is 0 Å². The normalized spacial score (nSPS) is 25.2. The molecule has 1 aliphatic heterocycles. The number of nitrogens with zero attached hydrogens (tertiary/aromatic N) is 2.